The van der Waals surface area contributed by atoms with Crippen molar-refractivity contribution in [3.63, 3.8) is 0 Å². The lowest BCUT2D eigenvalue weighted by Gasteiger charge is -2.11. The molecule has 0 aliphatic rings. The van der Waals surface area contributed by atoms with Crippen LogP contribution in [0.5, 0.6) is 0 Å². The zero-order valence-corrected chi connectivity index (χ0v) is 19.5. The minimum Gasteiger partial charge on any atom is -0.396 e. The van der Waals surface area contributed by atoms with Gasteiger partial charge in [0.05, 0.1) is 5.69 Å². The molecule has 0 fully saturated rings. The first kappa shape index (κ1) is 22.1. The van der Waals surface area contributed by atoms with Gasteiger partial charge in [0, 0.05) is 51.3 Å². The number of halogens is 1. The van der Waals surface area contributed by atoms with Gasteiger partial charge in [-0.1, -0.05) is 46.9 Å². The summed E-state index contributed by atoms with van der Waals surface area (Å²) in [6.07, 6.45) is 0.494. The molecule has 0 bridgehead atoms. The fourth-order valence-electron chi connectivity index (χ4n) is 2.62. The number of thiazole rings is 1. The summed E-state index contributed by atoms with van der Waals surface area (Å²) in [7, 11) is 0. The molecule has 0 atom stereocenters. The number of para-hydroxylation sites is 1. The maximum absolute atomic E-state index is 12.4. The van der Waals surface area contributed by atoms with Crippen molar-refractivity contribution in [1.82, 2.24) is 4.98 Å². The van der Waals surface area contributed by atoms with Crippen LogP contribution in [-0.2, 0) is 13.0 Å². The molecule has 3 rings (SSSR count). The third-order valence-corrected chi connectivity index (χ3v) is 7.21. The number of benzene rings is 2. The minimum absolute atomic E-state index is 0.0497. The van der Waals surface area contributed by atoms with E-state index < -0.39 is 0 Å². The van der Waals surface area contributed by atoms with E-state index in [1.54, 1.807) is 0 Å². The normalized spacial score (nSPS) is 10.7. The van der Waals surface area contributed by atoms with Crippen LogP contribution >= 0.6 is 45.7 Å². The number of nitrogens with zero attached hydrogens (tertiary/aromatic N) is 1. The molecule has 0 saturated heterocycles. The molecule has 152 valence electrons. The number of carbonyl (C=O) groups excluding carboxylic acids is 1. The second kappa shape index (κ2) is 11.5. The number of anilines is 2. The van der Waals surface area contributed by atoms with E-state index in [1.807, 2.05) is 47.5 Å². The second-order valence-electron chi connectivity index (χ2n) is 6.16. The van der Waals surface area contributed by atoms with E-state index in [2.05, 4.69) is 56.4 Å². The number of hydrogen-bond donors (Lipinski definition) is 3. The van der Waals surface area contributed by atoms with Crippen LogP contribution in [0.2, 0.25) is 0 Å². The van der Waals surface area contributed by atoms with Crippen molar-refractivity contribution in [1.29, 1.82) is 0 Å². The summed E-state index contributed by atoms with van der Waals surface area (Å²) in [5, 5.41) is 17.6. The Hall–Kier alpha value is -1.62. The van der Waals surface area contributed by atoms with Gasteiger partial charge in [-0.05, 0) is 29.8 Å². The smallest absolute Gasteiger partial charge is 0.257 e. The molecule has 1 aromatic heterocycles. The van der Waals surface area contributed by atoms with Crippen molar-refractivity contribution in [3.8, 4) is 0 Å². The van der Waals surface area contributed by atoms with Gasteiger partial charge in [-0.3, -0.25) is 10.1 Å². The van der Waals surface area contributed by atoms with Gasteiger partial charge < -0.3 is 10.4 Å². The maximum atomic E-state index is 12.4. The summed E-state index contributed by atoms with van der Waals surface area (Å²) >= 11 is 5.60. The van der Waals surface area contributed by atoms with Gasteiger partial charge in [-0.25, -0.2) is 4.98 Å². The summed E-state index contributed by atoms with van der Waals surface area (Å²) in [4.78, 5) is 17.9. The van der Waals surface area contributed by atoms with E-state index in [-0.39, 0.29) is 12.5 Å². The Bertz CT molecular complexity index is 932. The van der Waals surface area contributed by atoms with Gasteiger partial charge >= 0.3 is 0 Å². The van der Waals surface area contributed by atoms with Crippen LogP contribution in [0, 0.1) is 0 Å². The van der Waals surface area contributed by atoms with Crippen LogP contribution in [0.25, 0.3) is 0 Å². The molecule has 1 amide bonds. The molecule has 3 aromatic rings. The number of aliphatic hydroxyl groups is 1. The lowest BCUT2D eigenvalue weighted by atomic mass is 10.1. The fourth-order valence-corrected chi connectivity index (χ4v) is 4.79. The molecule has 0 aliphatic heterocycles. The average molecular weight is 539 g/mol. The highest BCUT2D eigenvalue weighted by Gasteiger charge is 2.09. The zero-order chi connectivity index (χ0) is 20.5. The number of aromatic nitrogens is 1. The van der Waals surface area contributed by atoms with Gasteiger partial charge in [-0.15, -0.1) is 23.1 Å². The standard InChI is InChI=1S/C21H22IN3O2S2/c22-10-12-28-19-4-2-1-3-18(19)23-13-15-5-7-16(8-6-15)20(27)25-21-24-17(9-11-26)14-29-21/h1-8,14,23,26H,9-13H2,(H,24,25,27). The van der Waals surface area contributed by atoms with Crippen molar-refractivity contribution in [2.24, 2.45) is 0 Å². The Morgan fingerprint density at radius 3 is 2.72 bits per heavy atom. The molecule has 2 aromatic carbocycles. The number of nitrogens with one attached hydrogen (secondary N) is 2. The monoisotopic (exact) mass is 539 g/mol. The lowest BCUT2D eigenvalue weighted by molar-refractivity contribution is 0.102. The van der Waals surface area contributed by atoms with E-state index in [1.165, 1.54) is 16.2 Å². The largest absolute Gasteiger partial charge is 0.396 e. The molecule has 29 heavy (non-hydrogen) atoms. The first-order valence-corrected chi connectivity index (χ1v) is 12.6. The van der Waals surface area contributed by atoms with Gasteiger partial charge in [-0.2, -0.15) is 0 Å². The first-order valence-electron chi connectivity index (χ1n) is 9.17. The van der Waals surface area contributed by atoms with Crippen molar-refractivity contribution < 1.29 is 9.90 Å². The second-order valence-corrected chi connectivity index (χ2v) is 9.23. The number of alkyl halides is 1. The predicted octanol–water partition coefficient (Wildman–Crippen LogP) is 5.07. The van der Waals surface area contributed by atoms with Gasteiger partial charge in [0.25, 0.3) is 5.91 Å². The fraction of sp³-hybridized carbons (Fsp3) is 0.238. The number of thioether (sulfide) groups is 1. The SMILES string of the molecule is O=C(Nc1nc(CCO)cs1)c1ccc(CNc2ccccc2SCCI)cc1. The molecule has 0 saturated carbocycles. The molecule has 3 N–H and O–H groups in total. The van der Waals surface area contributed by atoms with E-state index in [0.29, 0.717) is 23.7 Å². The predicted molar refractivity (Wildman–Crippen MR) is 131 cm³/mol. The molecule has 0 aliphatic carbocycles. The van der Waals surface area contributed by atoms with E-state index in [9.17, 15) is 4.79 Å². The van der Waals surface area contributed by atoms with Crippen LogP contribution in [-0.4, -0.2) is 32.8 Å². The molecule has 0 radical (unpaired) electrons. The van der Waals surface area contributed by atoms with Crippen molar-refractivity contribution >= 4 is 62.4 Å². The number of rotatable bonds is 10. The Balaban J connectivity index is 1.56. The molecule has 1 heterocycles. The summed E-state index contributed by atoms with van der Waals surface area (Å²) < 4.78 is 1.12. The topological polar surface area (TPSA) is 74.2 Å². The van der Waals surface area contributed by atoms with Crippen molar-refractivity contribution in [3.05, 3.63) is 70.7 Å². The highest BCUT2D eigenvalue weighted by molar-refractivity contribution is 14.1. The Morgan fingerprint density at radius 2 is 1.97 bits per heavy atom. The van der Waals surface area contributed by atoms with Crippen LogP contribution in [0.1, 0.15) is 21.6 Å². The third kappa shape index (κ3) is 6.70. The molecule has 0 unspecified atom stereocenters. The quantitative estimate of drug-likeness (QED) is 0.191. The average Bonchev–Trinajstić information content (AvgIpc) is 3.18. The number of hydrogen-bond acceptors (Lipinski definition) is 6. The Kier molecular flexibility index (Phi) is 8.78. The Morgan fingerprint density at radius 1 is 1.17 bits per heavy atom. The number of aliphatic hydroxyl groups excluding tert-OH is 1. The molecule has 0 spiro atoms. The molecular formula is C21H22IN3O2S2. The van der Waals surface area contributed by atoms with Crippen molar-refractivity contribution in [2.75, 3.05) is 27.4 Å². The van der Waals surface area contributed by atoms with Crippen LogP contribution in [0.15, 0.2) is 58.8 Å². The van der Waals surface area contributed by atoms with Gasteiger partial charge in [0.15, 0.2) is 5.13 Å². The maximum Gasteiger partial charge on any atom is 0.257 e. The molecular weight excluding hydrogens is 517 g/mol. The molecule has 8 heteroatoms. The van der Waals surface area contributed by atoms with Crippen LogP contribution in [0.3, 0.4) is 0 Å². The first-order chi connectivity index (χ1) is 14.2. The number of amides is 1. The van der Waals surface area contributed by atoms with Crippen LogP contribution in [0.4, 0.5) is 10.8 Å². The minimum atomic E-state index is -0.185. The highest BCUT2D eigenvalue weighted by Crippen LogP contribution is 2.27. The van der Waals surface area contributed by atoms with Crippen LogP contribution < -0.4 is 10.6 Å². The van der Waals surface area contributed by atoms with E-state index in [4.69, 9.17) is 5.11 Å². The third-order valence-electron chi connectivity index (χ3n) is 4.06. The summed E-state index contributed by atoms with van der Waals surface area (Å²) in [5.74, 6) is 0.902. The Labute approximate surface area is 192 Å². The lowest BCUT2D eigenvalue weighted by Crippen LogP contribution is -2.12. The highest BCUT2D eigenvalue weighted by atomic mass is 127. The van der Waals surface area contributed by atoms with E-state index in [0.717, 1.165) is 27.1 Å². The van der Waals surface area contributed by atoms with Gasteiger partial charge in [0.1, 0.15) is 0 Å². The zero-order valence-electron chi connectivity index (χ0n) is 15.7. The number of carbonyl (C=O) groups is 1. The van der Waals surface area contributed by atoms with Gasteiger partial charge in [0.2, 0.25) is 0 Å². The van der Waals surface area contributed by atoms with Crippen molar-refractivity contribution in [2.45, 2.75) is 17.9 Å². The summed E-state index contributed by atoms with van der Waals surface area (Å²) in [6.45, 7) is 0.745. The van der Waals surface area contributed by atoms with E-state index >= 15 is 0 Å². The summed E-state index contributed by atoms with van der Waals surface area (Å²) in [6, 6.07) is 15.9. The summed E-state index contributed by atoms with van der Waals surface area (Å²) in [5.41, 5.74) is 3.61. The molecule has 5 nitrogen and oxygen atoms in total.